The number of likely N-dealkylation sites (tertiary alicyclic amines) is 1. The molecule has 70 heavy (non-hydrogen) atoms. The number of ketones is 2. The van der Waals surface area contributed by atoms with Crippen LogP contribution in [0.1, 0.15) is 99.2 Å². The number of aromatic hydroxyl groups is 1. The molecule has 2 bridgehead atoms. The van der Waals surface area contributed by atoms with Gasteiger partial charge < -0.3 is 47.8 Å². The Labute approximate surface area is 413 Å². The maximum Gasteiger partial charge on any atom is 0.333 e. The molecular formula is C50H64ClN5O13S. The predicted octanol–water partition coefficient (Wildman–Crippen LogP) is 4.68. The van der Waals surface area contributed by atoms with E-state index in [0.29, 0.717) is 18.6 Å². The quantitative estimate of drug-likeness (QED) is 0.229. The van der Waals surface area contributed by atoms with Gasteiger partial charge in [-0.15, -0.1) is 12.4 Å². The number of aryl methyl sites for hydroxylation is 2. The maximum absolute atomic E-state index is 13.0. The third kappa shape index (κ3) is 8.11. The SMILES string of the molecule is CC1(C)O[C@@H]2[C@@H](CO[C@@]3(COS(N)(=O)=O)OC(C)(C)O[C@@H]23)O1.Cc1nccn1CC1CCc2c(c3ccccc3n2C)C1=O.Cl.O=C1CC[C@@]2(O)[C@H]3Cc4ccc(O)c5c4[C@@]2(CCN3CC2CC2)[C@H]1O5. The molecule has 5 aliphatic heterocycles. The van der Waals surface area contributed by atoms with Gasteiger partial charge in [-0.2, -0.15) is 8.42 Å². The van der Waals surface area contributed by atoms with E-state index in [1.807, 2.05) is 31.3 Å². The molecule has 1 spiro atoms. The monoisotopic (exact) mass is 1010 g/mol. The summed E-state index contributed by atoms with van der Waals surface area (Å²) in [6.07, 6.45) is 8.46. The lowest BCUT2D eigenvalue weighted by Crippen LogP contribution is -2.76. The van der Waals surface area contributed by atoms with Gasteiger partial charge in [0.25, 0.3) is 0 Å². The molecule has 4 aromatic rings. The van der Waals surface area contributed by atoms with Gasteiger partial charge in [0.1, 0.15) is 30.7 Å². The number of hydrogen-bond acceptors (Lipinski definition) is 15. The number of para-hydroxylation sites is 1. The Hall–Kier alpha value is -3.99. The number of phenols is 1. The highest BCUT2D eigenvalue weighted by atomic mass is 35.5. The van der Waals surface area contributed by atoms with Crippen molar-refractivity contribution in [3.63, 3.8) is 0 Å². The maximum atomic E-state index is 13.0. The number of ether oxygens (including phenoxy) is 6. The number of nitrogens with zero attached hydrogens (tertiary/aromatic N) is 4. The summed E-state index contributed by atoms with van der Waals surface area (Å²) < 4.78 is 66.2. The van der Waals surface area contributed by atoms with Crippen LogP contribution in [-0.2, 0) is 74.8 Å². The molecule has 380 valence electrons. The second-order valence-electron chi connectivity index (χ2n) is 21.4. The summed E-state index contributed by atoms with van der Waals surface area (Å²) in [5, 5.41) is 28.3. The second kappa shape index (κ2) is 17.3. The number of benzene rings is 2. The highest BCUT2D eigenvalue weighted by Gasteiger charge is 2.73. The molecule has 20 heteroatoms. The van der Waals surface area contributed by atoms with Crippen LogP contribution in [0.25, 0.3) is 10.9 Å². The fraction of sp³-hybridized carbons (Fsp3) is 0.620. The lowest BCUT2D eigenvalue weighted by molar-refractivity contribution is -0.290. The number of halogens is 1. The molecule has 4 saturated heterocycles. The zero-order chi connectivity index (χ0) is 48.6. The Morgan fingerprint density at radius 2 is 1.74 bits per heavy atom. The first-order valence-electron chi connectivity index (χ1n) is 24.3. The van der Waals surface area contributed by atoms with Crippen LogP contribution < -0.4 is 9.88 Å². The number of carbonyl (C=O) groups excluding carboxylic acids is 2. The fourth-order valence-corrected chi connectivity index (χ4v) is 13.4. The molecule has 6 fully saturated rings. The number of Topliss-reactive ketones (excluding diaryl/α,β-unsaturated/α-hetero) is 2. The lowest BCUT2D eigenvalue weighted by atomic mass is 9.49. The van der Waals surface area contributed by atoms with Gasteiger partial charge in [0, 0.05) is 78.6 Å². The van der Waals surface area contributed by atoms with Crippen molar-refractivity contribution in [3.8, 4) is 11.5 Å². The summed E-state index contributed by atoms with van der Waals surface area (Å²) in [6.45, 7) is 11.4. The highest BCUT2D eigenvalue weighted by Crippen LogP contribution is 2.65. The first-order chi connectivity index (χ1) is 32.6. The first kappa shape index (κ1) is 49.6. The molecule has 1 unspecified atom stereocenters. The number of fused-ring (bicyclic) bond motifs is 6. The largest absolute Gasteiger partial charge is 0.504 e. The predicted molar refractivity (Wildman–Crippen MR) is 255 cm³/mol. The Kier molecular flexibility index (Phi) is 12.3. The Balaban J connectivity index is 0.000000121. The normalized spacial score (nSPS) is 33.9. The van der Waals surface area contributed by atoms with Crippen molar-refractivity contribution in [3.05, 3.63) is 77.0 Å². The standard InChI is InChI=1S/C20H23NO4.C18H19N3O.C12H21NO8S.ClH/c22-13-4-3-12-9-15-20(24)6-5-14(23)18-19(20,16(12)17(13)25-18)7-8-21(15)10-11-1-2-11;1-12-19-9-10-21(12)11-13-7-8-16-17(18(13)22)14-5-3-4-6-15(14)20(16)2;1-10(2)18-7-5-16-12(6-17-22(13,14)15)9(8(7)19-10)20-11(3,4)21-12;/h3-4,11,15,18,22,24H,1-2,5-10H2;3-6,9-10,13H,7-8,11H2,1-2H3;7-9H,5-6H2,1-4H3,(H2,13,14,15);1H/t15-,18+,19+,20-;;7-,8-,9+,12+;/m1.1./s1. The summed E-state index contributed by atoms with van der Waals surface area (Å²) in [6, 6.07) is 11.9. The van der Waals surface area contributed by atoms with Crippen molar-refractivity contribution in [2.45, 2.75) is 151 Å². The van der Waals surface area contributed by atoms with Gasteiger partial charge in [-0.1, -0.05) is 24.3 Å². The molecule has 2 aromatic heterocycles. The minimum Gasteiger partial charge on any atom is -0.504 e. The van der Waals surface area contributed by atoms with Crippen molar-refractivity contribution in [1.29, 1.82) is 0 Å². The second-order valence-corrected chi connectivity index (χ2v) is 22.6. The van der Waals surface area contributed by atoms with Gasteiger partial charge >= 0.3 is 10.3 Å². The van der Waals surface area contributed by atoms with Crippen LogP contribution in [0.5, 0.6) is 11.5 Å². The summed E-state index contributed by atoms with van der Waals surface area (Å²) in [5.74, 6) is -0.502. The molecule has 0 amide bonds. The number of carbonyl (C=O) groups is 2. The van der Waals surface area contributed by atoms with E-state index in [-0.39, 0.29) is 54.4 Å². The molecule has 4 aliphatic carbocycles. The molecule has 7 heterocycles. The van der Waals surface area contributed by atoms with Crippen molar-refractivity contribution in [2.75, 3.05) is 26.3 Å². The number of aromatic nitrogens is 3. The van der Waals surface area contributed by atoms with Crippen molar-refractivity contribution < 1.29 is 60.8 Å². The Morgan fingerprint density at radius 3 is 2.47 bits per heavy atom. The van der Waals surface area contributed by atoms with E-state index < -0.39 is 63.6 Å². The molecule has 2 aromatic carbocycles. The number of piperidine rings is 1. The van der Waals surface area contributed by atoms with Gasteiger partial charge in [0.15, 0.2) is 40.7 Å². The summed E-state index contributed by atoms with van der Waals surface area (Å²) >= 11 is 0. The number of aliphatic hydroxyl groups is 1. The van der Waals surface area contributed by atoms with E-state index in [1.54, 1.807) is 40.0 Å². The van der Waals surface area contributed by atoms with E-state index in [2.05, 4.69) is 38.2 Å². The lowest BCUT2D eigenvalue weighted by Gasteiger charge is -2.62. The number of hydrogen-bond donors (Lipinski definition) is 3. The summed E-state index contributed by atoms with van der Waals surface area (Å²) in [5.41, 5.74) is 3.73. The smallest absolute Gasteiger partial charge is 0.333 e. The average molecular weight is 1010 g/mol. The fourth-order valence-electron chi connectivity index (χ4n) is 13.0. The van der Waals surface area contributed by atoms with Crippen LogP contribution in [0.3, 0.4) is 0 Å². The third-order valence-electron chi connectivity index (χ3n) is 16.2. The molecule has 9 aliphatic rings. The molecule has 0 radical (unpaired) electrons. The van der Waals surface area contributed by atoms with Gasteiger partial charge in [-0.25, -0.2) is 10.1 Å². The van der Waals surface area contributed by atoms with Gasteiger partial charge in [-0.05, 0) is 110 Å². The summed E-state index contributed by atoms with van der Waals surface area (Å²) in [7, 11) is -2.07. The zero-order valence-corrected chi connectivity index (χ0v) is 42.1. The Morgan fingerprint density at radius 1 is 0.971 bits per heavy atom. The topological polar surface area (TPSA) is 225 Å². The van der Waals surface area contributed by atoms with Crippen LogP contribution in [0.2, 0.25) is 0 Å². The van der Waals surface area contributed by atoms with Crippen molar-refractivity contribution in [1.82, 2.24) is 19.0 Å². The van der Waals surface area contributed by atoms with Crippen LogP contribution in [0, 0.1) is 18.8 Å². The summed E-state index contributed by atoms with van der Waals surface area (Å²) in [4.78, 5) is 32.5. The molecule has 4 N–H and O–H groups in total. The molecule has 13 rings (SSSR count). The zero-order valence-electron chi connectivity index (χ0n) is 40.4. The molecular weight excluding hydrogens is 946 g/mol. The number of nitrogens with two attached hydrogens (primary N) is 1. The van der Waals surface area contributed by atoms with E-state index in [0.717, 1.165) is 84.7 Å². The number of imidazole rings is 1. The van der Waals surface area contributed by atoms with Gasteiger partial charge in [0.05, 0.1) is 17.6 Å². The van der Waals surface area contributed by atoms with Gasteiger partial charge in [-0.3, -0.25) is 18.7 Å². The minimum atomic E-state index is -4.14. The van der Waals surface area contributed by atoms with E-state index >= 15 is 0 Å². The van der Waals surface area contributed by atoms with E-state index in [1.165, 1.54) is 18.5 Å². The average Bonchev–Trinajstić information content (AvgIpc) is 3.49. The van der Waals surface area contributed by atoms with Crippen LogP contribution in [0.15, 0.2) is 48.8 Å². The number of phenolic OH excluding ortho intramolecular Hbond substituents is 1. The minimum absolute atomic E-state index is 0. The van der Waals surface area contributed by atoms with Crippen molar-refractivity contribution >= 4 is 45.2 Å². The van der Waals surface area contributed by atoms with Crippen LogP contribution in [-0.4, -0.2) is 129 Å². The van der Waals surface area contributed by atoms with E-state index in [4.69, 9.17) is 37.7 Å². The molecule has 2 saturated carbocycles. The third-order valence-corrected chi connectivity index (χ3v) is 16.6. The first-order valence-corrected chi connectivity index (χ1v) is 25.7. The molecule has 18 nitrogen and oxygen atoms in total. The van der Waals surface area contributed by atoms with Crippen molar-refractivity contribution in [2.24, 2.45) is 24.0 Å². The van der Waals surface area contributed by atoms with Crippen LogP contribution >= 0.6 is 12.4 Å². The number of rotatable bonds is 7. The van der Waals surface area contributed by atoms with Gasteiger partial charge in [0.2, 0.25) is 5.79 Å². The van der Waals surface area contributed by atoms with E-state index in [9.17, 15) is 28.2 Å². The Bertz CT molecular complexity index is 2850. The van der Waals surface area contributed by atoms with Crippen LogP contribution in [0.4, 0.5) is 0 Å². The molecule has 9 atom stereocenters. The highest BCUT2D eigenvalue weighted by molar-refractivity contribution is 7.84.